The maximum absolute atomic E-state index is 10.9. The van der Waals surface area contributed by atoms with Crippen LogP contribution in [0.1, 0.15) is 10.4 Å². The highest BCUT2D eigenvalue weighted by molar-refractivity contribution is 9.10. The van der Waals surface area contributed by atoms with Gasteiger partial charge in [0.1, 0.15) is 6.61 Å². The molecule has 0 spiro atoms. The summed E-state index contributed by atoms with van der Waals surface area (Å²) in [6, 6.07) is 6.55. The number of nitrogens with zero attached hydrogens (tertiary/aromatic N) is 1. The normalized spacial score (nSPS) is 10.4. The SMILES string of the molecule is O=[N+]([O-])c1ccc(CCl)cc1OCc1sccc1Br. The second-order valence-electron chi connectivity index (χ2n) is 3.67. The molecule has 0 unspecified atom stereocenters. The molecule has 0 aliphatic carbocycles. The molecule has 0 saturated heterocycles. The van der Waals surface area contributed by atoms with Crippen LogP contribution in [-0.2, 0) is 12.5 Å². The average Bonchev–Trinajstić information content (AvgIpc) is 2.81. The lowest BCUT2D eigenvalue weighted by Crippen LogP contribution is -1.99. The fourth-order valence-corrected chi connectivity index (χ4v) is 3.02. The molecule has 1 heterocycles. The lowest BCUT2D eigenvalue weighted by atomic mass is 10.2. The maximum Gasteiger partial charge on any atom is 0.310 e. The van der Waals surface area contributed by atoms with Gasteiger partial charge in [0.25, 0.3) is 0 Å². The van der Waals surface area contributed by atoms with Gasteiger partial charge in [-0.15, -0.1) is 22.9 Å². The molecular weight excluding hydrogens is 354 g/mol. The van der Waals surface area contributed by atoms with E-state index in [1.54, 1.807) is 12.1 Å². The van der Waals surface area contributed by atoms with E-state index < -0.39 is 4.92 Å². The van der Waals surface area contributed by atoms with E-state index in [1.807, 2.05) is 11.4 Å². The number of thiophene rings is 1. The zero-order chi connectivity index (χ0) is 13.8. The quantitative estimate of drug-likeness (QED) is 0.439. The first kappa shape index (κ1) is 14.3. The third kappa shape index (κ3) is 3.46. The zero-order valence-corrected chi connectivity index (χ0v) is 12.8. The Hall–Kier alpha value is -1.11. The molecule has 0 radical (unpaired) electrons. The first-order valence-electron chi connectivity index (χ1n) is 5.29. The van der Waals surface area contributed by atoms with Crippen LogP contribution in [0.3, 0.4) is 0 Å². The summed E-state index contributed by atoms with van der Waals surface area (Å²) < 4.78 is 6.48. The van der Waals surface area contributed by atoms with Gasteiger partial charge in [-0.1, -0.05) is 6.07 Å². The summed E-state index contributed by atoms with van der Waals surface area (Å²) in [6.07, 6.45) is 0. The van der Waals surface area contributed by atoms with Gasteiger partial charge in [0, 0.05) is 16.4 Å². The van der Waals surface area contributed by atoms with Gasteiger partial charge < -0.3 is 4.74 Å². The first-order chi connectivity index (χ1) is 9.11. The molecule has 19 heavy (non-hydrogen) atoms. The lowest BCUT2D eigenvalue weighted by Gasteiger charge is -2.07. The van der Waals surface area contributed by atoms with Gasteiger partial charge >= 0.3 is 5.69 Å². The molecule has 0 aliphatic rings. The van der Waals surface area contributed by atoms with Gasteiger partial charge in [0.05, 0.1) is 9.80 Å². The van der Waals surface area contributed by atoms with E-state index in [0.717, 1.165) is 14.9 Å². The molecule has 1 aromatic carbocycles. The highest BCUT2D eigenvalue weighted by Crippen LogP contribution is 2.31. The van der Waals surface area contributed by atoms with Gasteiger partial charge in [0.15, 0.2) is 5.75 Å². The maximum atomic E-state index is 10.9. The van der Waals surface area contributed by atoms with Crippen molar-refractivity contribution in [3.8, 4) is 5.75 Å². The van der Waals surface area contributed by atoms with Crippen LogP contribution in [0.4, 0.5) is 5.69 Å². The fraction of sp³-hybridized carbons (Fsp3) is 0.167. The number of benzene rings is 1. The van der Waals surface area contributed by atoms with E-state index in [2.05, 4.69) is 15.9 Å². The van der Waals surface area contributed by atoms with Crippen LogP contribution in [0, 0.1) is 10.1 Å². The van der Waals surface area contributed by atoms with Crippen LogP contribution in [-0.4, -0.2) is 4.92 Å². The third-order valence-electron chi connectivity index (χ3n) is 2.43. The van der Waals surface area contributed by atoms with Gasteiger partial charge in [-0.3, -0.25) is 10.1 Å². The van der Waals surface area contributed by atoms with Crippen molar-refractivity contribution in [2.24, 2.45) is 0 Å². The summed E-state index contributed by atoms with van der Waals surface area (Å²) in [4.78, 5) is 11.5. The Balaban J connectivity index is 2.22. The van der Waals surface area contributed by atoms with Crippen molar-refractivity contribution in [1.29, 1.82) is 0 Å². The summed E-state index contributed by atoms with van der Waals surface area (Å²) in [7, 11) is 0. The van der Waals surface area contributed by atoms with Crippen molar-refractivity contribution in [2.75, 3.05) is 0 Å². The molecule has 0 N–H and O–H groups in total. The minimum Gasteiger partial charge on any atom is -0.481 e. The Morgan fingerprint density at radius 1 is 1.42 bits per heavy atom. The van der Waals surface area contributed by atoms with E-state index in [0.29, 0.717) is 0 Å². The monoisotopic (exact) mass is 361 g/mol. The summed E-state index contributed by atoms with van der Waals surface area (Å²) in [5.74, 6) is 0.528. The predicted octanol–water partition coefficient (Wildman–Crippen LogP) is 4.74. The Morgan fingerprint density at radius 3 is 2.79 bits per heavy atom. The van der Waals surface area contributed by atoms with Crippen LogP contribution in [0.2, 0.25) is 0 Å². The van der Waals surface area contributed by atoms with Gasteiger partial charge in [-0.05, 0) is 39.0 Å². The van der Waals surface area contributed by atoms with Gasteiger partial charge in [-0.2, -0.15) is 0 Å². The van der Waals surface area contributed by atoms with Gasteiger partial charge in [-0.25, -0.2) is 0 Å². The minimum absolute atomic E-state index is 0.0541. The average molecular weight is 363 g/mol. The first-order valence-corrected chi connectivity index (χ1v) is 7.50. The predicted molar refractivity (Wildman–Crippen MR) is 79.0 cm³/mol. The van der Waals surface area contributed by atoms with Crippen LogP contribution in [0.25, 0.3) is 0 Å². The number of hydrogen-bond acceptors (Lipinski definition) is 4. The number of nitro benzene ring substituents is 1. The molecule has 4 nitrogen and oxygen atoms in total. The highest BCUT2D eigenvalue weighted by atomic mass is 79.9. The molecule has 0 amide bonds. The number of rotatable bonds is 5. The summed E-state index contributed by atoms with van der Waals surface area (Å²) in [6.45, 7) is 0.283. The highest BCUT2D eigenvalue weighted by Gasteiger charge is 2.16. The van der Waals surface area contributed by atoms with Crippen LogP contribution in [0.5, 0.6) is 5.75 Å². The Kier molecular flexibility index (Phi) is 4.79. The third-order valence-corrected chi connectivity index (χ3v) is 4.63. The second kappa shape index (κ2) is 6.36. The fourth-order valence-electron chi connectivity index (χ4n) is 1.48. The number of ether oxygens (including phenoxy) is 1. The Bertz CT molecular complexity index is 602. The molecule has 2 rings (SSSR count). The van der Waals surface area contributed by atoms with Crippen molar-refractivity contribution in [3.05, 3.63) is 54.7 Å². The smallest absolute Gasteiger partial charge is 0.310 e. The van der Waals surface area contributed by atoms with E-state index >= 15 is 0 Å². The molecule has 0 aliphatic heterocycles. The molecule has 100 valence electrons. The van der Waals surface area contributed by atoms with Crippen molar-refractivity contribution in [2.45, 2.75) is 12.5 Å². The summed E-state index contributed by atoms with van der Waals surface area (Å²) >= 11 is 10.6. The molecule has 0 saturated carbocycles. The minimum atomic E-state index is -0.461. The van der Waals surface area contributed by atoms with Crippen LogP contribution in [0.15, 0.2) is 34.1 Å². The number of hydrogen-bond donors (Lipinski definition) is 0. The summed E-state index contributed by atoms with van der Waals surface area (Å²) in [5, 5.41) is 12.9. The van der Waals surface area contributed by atoms with E-state index in [1.165, 1.54) is 17.4 Å². The summed E-state index contributed by atoms with van der Waals surface area (Å²) in [5.41, 5.74) is 0.731. The lowest BCUT2D eigenvalue weighted by molar-refractivity contribution is -0.386. The van der Waals surface area contributed by atoms with Gasteiger partial charge in [0.2, 0.25) is 0 Å². The number of alkyl halides is 1. The Morgan fingerprint density at radius 2 is 2.21 bits per heavy atom. The van der Waals surface area contributed by atoms with Crippen LogP contribution >= 0.6 is 38.9 Å². The molecule has 0 bridgehead atoms. The van der Waals surface area contributed by atoms with Crippen molar-refractivity contribution in [3.63, 3.8) is 0 Å². The van der Waals surface area contributed by atoms with E-state index in [-0.39, 0.29) is 23.9 Å². The second-order valence-corrected chi connectivity index (χ2v) is 5.80. The number of halogens is 2. The van der Waals surface area contributed by atoms with Crippen molar-refractivity contribution >= 4 is 44.6 Å². The van der Waals surface area contributed by atoms with Crippen molar-refractivity contribution < 1.29 is 9.66 Å². The van der Waals surface area contributed by atoms with Crippen molar-refractivity contribution in [1.82, 2.24) is 0 Å². The molecule has 2 aromatic rings. The molecule has 0 atom stereocenters. The zero-order valence-electron chi connectivity index (χ0n) is 9.64. The van der Waals surface area contributed by atoms with E-state index in [9.17, 15) is 10.1 Å². The Labute approximate surface area is 127 Å². The topological polar surface area (TPSA) is 52.4 Å². The molecular formula is C12H9BrClNO3S. The standard InChI is InChI=1S/C12H9BrClNO3S/c13-9-3-4-19-12(9)7-18-11-5-8(6-14)1-2-10(11)15(16)17/h1-5H,6-7H2. The largest absolute Gasteiger partial charge is 0.481 e. The van der Waals surface area contributed by atoms with E-state index in [4.69, 9.17) is 16.3 Å². The molecule has 1 aromatic heterocycles. The molecule has 7 heteroatoms. The van der Waals surface area contributed by atoms with Crippen LogP contribution < -0.4 is 4.74 Å². The molecule has 0 fully saturated rings. The number of nitro groups is 1.